The molecular weight excluding hydrogens is 316 g/mol. The highest BCUT2D eigenvalue weighted by atomic mass is 16.5. The third-order valence-electron chi connectivity index (χ3n) is 5.41. The van der Waals surface area contributed by atoms with E-state index in [-0.39, 0.29) is 17.9 Å². The van der Waals surface area contributed by atoms with Gasteiger partial charge in [-0.15, -0.1) is 0 Å². The van der Waals surface area contributed by atoms with Crippen molar-refractivity contribution in [2.45, 2.75) is 32.4 Å². The highest BCUT2D eigenvalue weighted by Gasteiger charge is 2.33. The van der Waals surface area contributed by atoms with Gasteiger partial charge in [0.05, 0.1) is 17.7 Å². The van der Waals surface area contributed by atoms with Crippen LogP contribution in [-0.2, 0) is 16.1 Å². The molecule has 0 saturated carbocycles. The largest absolute Gasteiger partial charge is 0.378 e. The van der Waals surface area contributed by atoms with Crippen molar-refractivity contribution >= 4 is 11.6 Å². The van der Waals surface area contributed by atoms with E-state index in [0.717, 1.165) is 63.5 Å². The molecular formula is C19H26N4O2. The van der Waals surface area contributed by atoms with Gasteiger partial charge in [-0.2, -0.15) is 0 Å². The summed E-state index contributed by atoms with van der Waals surface area (Å²) in [6.07, 6.45) is 6.12. The van der Waals surface area contributed by atoms with Crippen molar-refractivity contribution in [1.82, 2.24) is 19.2 Å². The van der Waals surface area contributed by atoms with Gasteiger partial charge in [-0.25, -0.2) is 4.98 Å². The first-order chi connectivity index (χ1) is 12.2. The van der Waals surface area contributed by atoms with Crippen LogP contribution in [0, 0.1) is 5.92 Å². The summed E-state index contributed by atoms with van der Waals surface area (Å²) in [6, 6.07) is 6.04. The second kappa shape index (κ2) is 7.14. The van der Waals surface area contributed by atoms with E-state index in [2.05, 4.69) is 20.5 Å². The van der Waals surface area contributed by atoms with Crippen molar-refractivity contribution in [1.29, 1.82) is 0 Å². The maximum atomic E-state index is 12.8. The Kier molecular flexibility index (Phi) is 4.72. The molecule has 0 unspecified atom stereocenters. The predicted octanol–water partition coefficient (Wildman–Crippen LogP) is 1.79. The van der Waals surface area contributed by atoms with Crippen LogP contribution in [0.3, 0.4) is 0 Å². The van der Waals surface area contributed by atoms with Gasteiger partial charge < -0.3 is 14.0 Å². The van der Waals surface area contributed by atoms with E-state index in [0.29, 0.717) is 0 Å². The predicted molar refractivity (Wildman–Crippen MR) is 95.2 cm³/mol. The van der Waals surface area contributed by atoms with Crippen LogP contribution in [0.5, 0.6) is 0 Å². The van der Waals surface area contributed by atoms with Crippen LogP contribution >= 0.6 is 0 Å². The molecule has 2 aliphatic heterocycles. The SMILES string of the molecule is C[C@@H]1OCCC[C@@H]1C(=O)N1CCN(Cc2cn3ccccc3n2)CC1. The van der Waals surface area contributed by atoms with Gasteiger partial charge in [-0.1, -0.05) is 6.07 Å². The first-order valence-electron chi connectivity index (χ1n) is 9.26. The number of fused-ring (bicyclic) bond motifs is 1. The third-order valence-corrected chi connectivity index (χ3v) is 5.41. The number of rotatable bonds is 3. The number of aromatic nitrogens is 2. The zero-order valence-electron chi connectivity index (χ0n) is 14.8. The number of piperazine rings is 1. The zero-order chi connectivity index (χ0) is 17.2. The second-order valence-electron chi connectivity index (χ2n) is 7.12. The van der Waals surface area contributed by atoms with Crippen molar-refractivity contribution in [3.8, 4) is 0 Å². The highest BCUT2D eigenvalue weighted by molar-refractivity contribution is 5.79. The van der Waals surface area contributed by atoms with Crippen LogP contribution in [0.4, 0.5) is 0 Å². The lowest BCUT2D eigenvalue weighted by Gasteiger charge is -2.38. The quantitative estimate of drug-likeness (QED) is 0.853. The monoisotopic (exact) mass is 342 g/mol. The topological polar surface area (TPSA) is 50.1 Å². The molecule has 0 aromatic carbocycles. The van der Waals surface area contributed by atoms with E-state index in [4.69, 9.17) is 4.74 Å². The van der Waals surface area contributed by atoms with Crippen molar-refractivity contribution in [3.05, 3.63) is 36.3 Å². The molecule has 4 heterocycles. The van der Waals surface area contributed by atoms with Crippen molar-refractivity contribution in [2.24, 2.45) is 5.92 Å². The summed E-state index contributed by atoms with van der Waals surface area (Å²) in [5.41, 5.74) is 2.07. The summed E-state index contributed by atoms with van der Waals surface area (Å²) in [5, 5.41) is 0. The molecule has 0 radical (unpaired) electrons. The molecule has 2 aliphatic rings. The van der Waals surface area contributed by atoms with Gasteiger partial charge in [0, 0.05) is 51.7 Å². The average molecular weight is 342 g/mol. The molecule has 25 heavy (non-hydrogen) atoms. The molecule has 0 spiro atoms. The van der Waals surface area contributed by atoms with Gasteiger partial charge in [0.2, 0.25) is 5.91 Å². The number of carbonyl (C=O) groups is 1. The van der Waals surface area contributed by atoms with Crippen LogP contribution < -0.4 is 0 Å². The Morgan fingerprint density at radius 1 is 1.28 bits per heavy atom. The van der Waals surface area contributed by atoms with Crippen molar-refractivity contribution < 1.29 is 9.53 Å². The molecule has 2 atom stereocenters. The molecule has 134 valence electrons. The first kappa shape index (κ1) is 16.5. The lowest BCUT2D eigenvalue weighted by molar-refractivity contribution is -0.145. The maximum absolute atomic E-state index is 12.8. The molecule has 4 rings (SSSR count). The van der Waals surface area contributed by atoms with Gasteiger partial charge >= 0.3 is 0 Å². The van der Waals surface area contributed by atoms with Crippen LogP contribution in [0.1, 0.15) is 25.5 Å². The zero-order valence-corrected chi connectivity index (χ0v) is 14.8. The lowest BCUT2D eigenvalue weighted by Crippen LogP contribution is -2.52. The lowest BCUT2D eigenvalue weighted by atomic mass is 9.93. The smallest absolute Gasteiger partial charge is 0.228 e. The van der Waals surface area contributed by atoms with E-state index in [1.807, 2.05) is 36.2 Å². The fraction of sp³-hybridized carbons (Fsp3) is 0.579. The van der Waals surface area contributed by atoms with Gasteiger partial charge in [-0.3, -0.25) is 9.69 Å². The Bertz CT molecular complexity index is 703. The molecule has 2 fully saturated rings. The normalized spacial score (nSPS) is 25.4. The molecule has 2 aromatic rings. The minimum Gasteiger partial charge on any atom is -0.378 e. The van der Waals surface area contributed by atoms with Gasteiger partial charge in [0.25, 0.3) is 0 Å². The minimum atomic E-state index is 0.0405. The van der Waals surface area contributed by atoms with Gasteiger partial charge in [-0.05, 0) is 31.9 Å². The number of nitrogens with zero attached hydrogens (tertiary/aromatic N) is 4. The highest BCUT2D eigenvalue weighted by Crippen LogP contribution is 2.23. The number of pyridine rings is 1. The van der Waals surface area contributed by atoms with E-state index < -0.39 is 0 Å². The van der Waals surface area contributed by atoms with E-state index >= 15 is 0 Å². The van der Waals surface area contributed by atoms with Crippen molar-refractivity contribution in [3.63, 3.8) is 0 Å². The standard InChI is InChI=1S/C19H26N4O2/c1-15-17(5-4-12-25-15)19(24)22-10-8-21(9-11-22)13-16-14-23-7-3-2-6-18(23)20-16/h2-3,6-7,14-15,17H,4-5,8-13H2,1H3/t15-,17-/m0/s1. The minimum absolute atomic E-state index is 0.0405. The molecule has 0 bridgehead atoms. The number of hydrogen-bond donors (Lipinski definition) is 0. The number of ether oxygens (including phenoxy) is 1. The van der Waals surface area contributed by atoms with Gasteiger partial charge in [0.15, 0.2) is 0 Å². The summed E-state index contributed by atoms with van der Waals surface area (Å²) in [7, 11) is 0. The molecule has 1 amide bonds. The van der Waals surface area contributed by atoms with Gasteiger partial charge in [0.1, 0.15) is 5.65 Å². The summed E-state index contributed by atoms with van der Waals surface area (Å²) in [5.74, 6) is 0.318. The van der Waals surface area contributed by atoms with Crippen LogP contribution in [0.15, 0.2) is 30.6 Å². The number of amides is 1. The third kappa shape index (κ3) is 3.55. The fourth-order valence-electron chi connectivity index (χ4n) is 3.90. The van der Waals surface area contributed by atoms with E-state index in [1.54, 1.807) is 0 Å². The fourth-order valence-corrected chi connectivity index (χ4v) is 3.90. The van der Waals surface area contributed by atoms with Crippen LogP contribution in [0.2, 0.25) is 0 Å². The average Bonchev–Trinajstić information content (AvgIpc) is 3.04. The van der Waals surface area contributed by atoms with Crippen LogP contribution in [0.25, 0.3) is 5.65 Å². The summed E-state index contributed by atoms with van der Waals surface area (Å²) in [6.45, 7) is 7.07. The number of imidazole rings is 1. The number of carbonyl (C=O) groups excluding carboxylic acids is 1. The Morgan fingerprint density at radius 3 is 2.88 bits per heavy atom. The maximum Gasteiger partial charge on any atom is 0.228 e. The summed E-state index contributed by atoms with van der Waals surface area (Å²) >= 11 is 0. The van der Waals surface area contributed by atoms with Crippen LogP contribution in [-0.4, -0.2) is 64.0 Å². The molecule has 2 saturated heterocycles. The van der Waals surface area contributed by atoms with Crippen molar-refractivity contribution in [2.75, 3.05) is 32.8 Å². The van der Waals surface area contributed by atoms with E-state index in [1.165, 1.54) is 0 Å². The Morgan fingerprint density at radius 2 is 2.12 bits per heavy atom. The Labute approximate surface area is 148 Å². The second-order valence-corrected chi connectivity index (χ2v) is 7.12. The molecule has 6 nitrogen and oxygen atoms in total. The molecule has 0 N–H and O–H groups in total. The van der Waals surface area contributed by atoms with E-state index in [9.17, 15) is 4.79 Å². The number of hydrogen-bond acceptors (Lipinski definition) is 4. The summed E-state index contributed by atoms with van der Waals surface area (Å²) in [4.78, 5) is 21.8. The summed E-state index contributed by atoms with van der Waals surface area (Å²) < 4.78 is 7.72. The Hall–Kier alpha value is -1.92. The molecule has 2 aromatic heterocycles. The molecule has 0 aliphatic carbocycles. The molecule has 6 heteroatoms. The Balaban J connectivity index is 1.32. The first-order valence-corrected chi connectivity index (χ1v) is 9.26.